The van der Waals surface area contributed by atoms with Crippen molar-refractivity contribution in [2.45, 2.75) is 23.8 Å². The Labute approximate surface area is 113 Å². The summed E-state index contributed by atoms with van der Waals surface area (Å²) in [5.41, 5.74) is 0. The number of amides is 1. The fourth-order valence-corrected chi connectivity index (χ4v) is 3.86. The van der Waals surface area contributed by atoms with E-state index in [0.29, 0.717) is 15.8 Å². The molecule has 1 aromatic rings. The predicted octanol–water partition coefficient (Wildman–Crippen LogP) is 2.00. The lowest BCUT2D eigenvalue weighted by molar-refractivity contribution is -0.127. The fourth-order valence-electron chi connectivity index (χ4n) is 1.65. The van der Waals surface area contributed by atoms with Crippen LogP contribution in [-0.4, -0.2) is 39.7 Å². The van der Waals surface area contributed by atoms with Crippen LogP contribution >= 0.6 is 34.7 Å². The van der Waals surface area contributed by atoms with E-state index in [1.165, 1.54) is 23.1 Å². The average molecular weight is 293 g/mol. The van der Waals surface area contributed by atoms with Gasteiger partial charge in [0.15, 0.2) is 4.34 Å². The van der Waals surface area contributed by atoms with Gasteiger partial charge in [0.25, 0.3) is 0 Å². The average Bonchev–Trinajstić information content (AvgIpc) is 2.95. The van der Waals surface area contributed by atoms with Gasteiger partial charge in [-0.2, -0.15) is 0 Å². The summed E-state index contributed by atoms with van der Waals surface area (Å²) in [5, 5.41) is 9.32. The highest BCUT2D eigenvalue weighted by Gasteiger charge is 2.18. The molecular weight excluding hydrogens is 280 g/mol. The largest absolute Gasteiger partial charge is 0.391 e. The van der Waals surface area contributed by atoms with Crippen LogP contribution in [0.2, 0.25) is 5.15 Å². The monoisotopic (exact) mass is 292 g/mol. The number of likely N-dealkylation sites (tertiary alicyclic amines) is 1. The quantitative estimate of drug-likeness (QED) is 0.863. The minimum atomic E-state index is -0.100. The highest BCUT2D eigenvalue weighted by atomic mass is 35.5. The first-order valence-electron chi connectivity index (χ1n) is 5.37. The fraction of sp³-hybridized carbons (Fsp3) is 0.600. The lowest BCUT2D eigenvalue weighted by Gasteiger charge is -2.13. The van der Waals surface area contributed by atoms with E-state index >= 15 is 0 Å². The summed E-state index contributed by atoms with van der Waals surface area (Å²) in [6.45, 7) is 1.65. The Morgan fingerprint density at radius 3 is 2.82 bits per heavy atom. The predicted molar refractivity (Wildman–Crippen MR) is 69.6 cm³/mol. The molecule has 1 amide bonds. The first-order valence-corrected chi connectivity index (χ1v) is 7.55. The number of rotatable bonds is 4. The zero-order valence-electron chi connectivity index (χ0n) is 9.19. The number of carbonyl (C=O) groups is 1. The van der Waals surface area contributed by atoms with Gasteiger partial charge in [-0.05, 0) is 12.8 Å². The van der Waals surface area contributed by atoms with E-state index in [9.17, 15) is 4.79 Å². The molecule has 2 rings (SSSR count). The van der Waals surface area contributed by atoms with Gasteiger partial charge < -0.3 is 10.0 Å². The standard InChI is InChI=1S/C10H13ClN2O2S2/c11-9-7(5-14)17-10(12-9)16-6-8(15)13-3-1-2-4-13/h14H,1-6H2. The van der Waals surface area contributed by atoms with Gasteiger partial charge in [-0.25, -0.2) is 4.98 Å². The van der Waals surface area contributed by atoms with Crippen molar-refractivity contribution < 1.29 is 9.90 Å². The van der Waals surface area contributed by atoms with Crippen molar-refractivity contribution in [1.82, 2.24) is 9.88 Å². The first-order chi connectivity index (χ1) is 8.20. The lowest BCUT2D eigenvalue weighted by Crippen LogP contribution is -2.29. The van der Waals surface area contributed by atoms with Crippen LogP contribution in [0.5, 0.6) is 0 Å². The molecule has 94 valence electrons. The molecule has 1 saturated heterocycles. The number of hydrogen-bond acceptors (Lipinski definition) is 5. The van der Waals surface area contributed by atoms with Crippen molar-refractivity contribution in [3.63, 3.8) is 0 Å². The molecule has 1 N–H and O–H groups in total. The molecular formula is C10H13ClN2O2S2. The number of carbonyl (C=O) groups excluding carboxylic acids is 1. The van der Waals surface area contributed by atoms with E-state index in [1.807, 2.05) is 4.90 Å². The Morgan fingerprint density at radius 1 is 1.53 bits per heavy atom. The van der Waals surface area contributed by atoms with E-state index in [4.69, 9.17) is 16.7 Å². The van der Waals surface area contributed by atoms with Gasteiger partial charge in [-0.1, -0.05) is 23.4 Å². The third-order valence-corrected chi connectivity index (χ3v) is 5.14. The van der Waals surface area contributed by atoms with Gasteiger partial charge in [0, 0.05) is 13.1 Å². The van der Waals surface area contributed by atoms with Gasteiger partial charge in [-0.15, -0.1) is 11.3 Å². The van der Waals surface area contributed by atoms with E-state index in [1.54, 1.807) is 0 Å². The van der Waals surface area contributed by atoms with Crippen molar-refractivity contribution in [3.05, 3.63) is 10.0 Å². The molecule has 1 aliphatic heterocycles. The molecule has 0 bridgehead atoms. The second-order valence-electron chi connectivity index (χ2n) is 3.73. The molecule has 1 aliphatic rings. The summed E-state index contributed by atoms with van der Waals surface area (Å²) in [6, 6.07) is 0. The Morgan fingerprint density at radius 2 is 2.24 bits per heavy atom. The maximum absolute atomic E-state index is 11.8. The van der Waals surface area contributed by atoms with Gasteiger partial charge in [0.1, 0.15) is 5.15 Å². The normalized spacial score (nSPS) is 15.5. The Kier molecular flexibility index (Phi) is 4.67. The molecule has 4 nitrogen and oxygen atoms in total. The summed E-state index contributed by atoms with van der Waals surface area (Å²) in [7, 11) is 0. The number of nitrogens with zero attached hydrogens (tertiary/aromatic N) is 2. The molecule has 2 heterocycles. The number of aliphatic hydroxyl groups is 1. The van der Waals surface area contributed by atoms with Crippen LogP contribution in [0.3, 0.4) is 0 Å². The topological polar surface area (TPSA) is 53.4 Å². The summed E-state index contributed by atoms with van der Waals surface area (Å²) >= 11 is 8.55. The Balaban J connectivity index is 1.86. The molecule has 17 heavy (non-hydrogen) atoms. The second kappa shape index (κ2) is 6.04. The number of aliphatic hydroxyl groups excluding tert-OH is 1. The zero-order valence-corrected chi connectivity index (χ0v) is 11.6. The Bertz CT molecular complexity index is 405. The van der Waals surface area contributed by atoms with Crippen LogP contribution in [0.4, 0.5) is 0 Å². The van der Waals surface area contributed by atoms with E-state index in [0.717, 1.165) is 30.3 Å². The number of halogens is 1. The van der Waals surface area contributed by atoms with E-state index in [-0.39, 0.29) is 12.5 Å². The lowest BCUT2D eigenvalue weighted by atomic mass is 10.4. The van der Waals surface area contributed by atoms with E-state index < -0.39 is 0 Å². The third-order valence-electron chi connectivity index (χ3n) is 2.55. The summed E-state index contributed by atoms with van der Waals surface area (Å²) in [5.74, 6) is 0.554. The number of hydrogen-bond donors (Lipinski definition) is 1. The summed E-state index contributed by atoms with van der Waals surface area (Å²) in [4.78, 5) is 18.4. The van der Waals surface area contributed by atoms with Crippen molar-refractivity contribution in [2.24, 2.45) is 0 Å². The van der Waals surface area contributed by atoms with E-state index in [2.05, 4.69) is 4.98 Å². The molecule has 7 heteroatoms. The third kappa shape index (κ3) is 3.34. The molecule has 0 saturated carbocycles. The SMILES string of the molecule is O=C(CSc1nc(Cl)c(CO)s1)N1CCCC1. The first kappa shape index (κ1) is 13.1. The molecule has 0 unspecified atom stereocenters. The highest BCUT2D eigenvalue weighted by Crippen LogP contribution is 2.30. The van der Waals surface area contributed by atoms with Crippen molar-refractivity contribution in [2.75, 3.05) is 18.8 Å². The van der Waals surface area contributed by atoms with Crippen LogP contribution < -0.4 is 0 Å². The zero-order chi connectivity index (χ0) is 12.3. The van der Waals surface area contributed by atoms with Crippen molar-refractivity contribution in [3.8, 4) is 0 Å². The van der Waals surface area contributed by atoms with Gasteiger partial charge in [0.2, 0.25) is 5.91 Å². The minimum Gasteiger partial charge on any atom is -0.391 e. The molecule has 0 radical (unpaired) electrons. The summed E-state index contributed by atoms with van der Waals surface area (Å²) in [6.07, 6.45) is 2.21. The molecule has 1 aromatic heterocycles. The van der Waals surface area contributed by atoms with Gasteiger partial charge >= 0.3 is 0 Å². The number of aromatic nitrogens is 1. The van der Waals surface area contributed by atoms with Crippen LogP contribution in [0.25, 0.3) is 0 Å². The van der Waals surface area contributed by atoms with Crippen LogP contribution in [0.15, 0.2) is 4.34 Å². The minimum absolute atomic E-state index is 0.100. The Hall–Kier alpha value is -0.300. The molecule has 0 spiro atoms. The maximum Gasteiger partial charge on any atom is 0.233 e. The molecule has 1 fully saturated rings. The molecule has 0 atom stereocenters. The summed E-state index contributed by atoms with van der Waals surface area (Å²) < 4.78 is 0.742. The number of thioether (sulfide) groups is 1. The van der Waals surface area contributed by atoms with Crippen LogP contribution in [-0.2, 0) is 11.4 Å². The van der Waals surface area contributed by atoms with Crippen molar-refractivity contribution >= 4 is 40.6 Å². The van der Waals surface area contributed by atoms with Gasteiger partial charge in [0.05, 0.1) is 17.2 Å². The maximum atomic E-state index is 11.8. The number of thiazole rings is 1. The van der Waals surface area contributed by atoms with Gasteiger partial charge in [-0.3, -0.25) is 4.79 Å². The molecule has 0 aromatic carbocycles. The molecule has 0 aliphatic carbocycles. The van der Waals surface area contributed by atoms with Crippen molar-refractivity contribution in [1.29, 1.82) is 0 Å². The van der Waals surface area contributed by atoms with Crippen LogP contribution in [0, 0.1) is 0 Å². The second-order valence-corrected chi connectivity index (χ2v) is 6.39. The van der Waals surface area contributed by atoms with Crippen LogP contribution in [0.1, 0.15) is 17.7 Å². The highest BCUT2D eigenvalue weighted by molar-refractivity contribution is 8.01. The smallest absolute Gasteiger partial charge is 0.233 e.